The molecule has 24 heavy (non-hydrogen) atoms. The first kappa shape index (κ1) is 17.5. The normalized spacial score (nSPS) is 11.0. The van der Waals surface area contributed by atoms with Crippen LogP contribution in [0.5, 0.6) is 0 Å². The Bertz CT molecular complexity index is 775. The van der Waals surface area contributed by atoms with Gasteiger partial charge in [-0.3, -0.25) is 9.59 Å². The quantitative estimate of drug-likeness (QED) is 0.843. The molecule has 3 nitrogen and oxygen atoms in total. The van der Waals surface area contributed by atoms with Crippen molar-refractivity contribution in [2.24, 2.45) is 0 Å². The summed E-state index contributed by atoms with van der Waals surface area (Å²) in [5, 5.41) is 2.39. The van der Waals surface area contributed by atoms with Crippen molar-refractivity contribution in [2.45, 2.75) is 19.4 Å². The van der Waals surface area contributed by atoms with Crippen LogP contribution in [0.2, 0.25) is 0 Å². The number of hydrogen-bond acceptors (Lipinski definition) is 2. The van der Waals surface area contributed by atoms with E-state index in [4.69, 9.17) is 0 Å². The van der Waals surface area contributed by atoms with Crippen LogP contribution in [0, 0.1) is 11.6 Å². The summed E-state index contributed by atoms with van der Waals surface area (Å²) < 4.78 is 27.4. The summed E-state index contributed by atoms with van der Waals surface area (Å²) >= 11 is 0. The molecule has 5 heteroatoms. The minimum atomic E-state index is -1.33. The second-order valence-electron chi connectivity index (χ2n) is 5.83. The molecule has 0 aliphatic rings. The molecule has 0 fully saturated rings. The highest BCUT2D eigenvalue weighted by Gasteiger charge is 2.32. The summed E-state index contributed by atoms with van der Waals surface area (Å²) in [5.74, 6) is -3.31. The number of Topliss-reactive ketones (excluding diaryl/α,β-unsaturated/α-hetero) is 1. The summed E-state index contributed by atoms with van der Waals surface area (Å²) in [4.78, 5) is 24.8. The molecule has 0 aliphatic heterocycles. The Kier molecular flexibility index (Phi) is 4.93. The number of nitrogens with one attached hydrogen (secondary N) is 1. The van der Waals surface area contributed by atoms with Crippen molar-refractivity contribution in [2.75, 3.05) is 0 Å². The number of hydrogen-bond donors (Lipinski definition) is 1. The van der Waals surface area contributed by atoms with E-state index in [2.05, 4.69) is 11.9 Å². The van der Waals surface area contributed by atoms with E-state index in [1.807, 2.05) is 0 Å². The van der Waals surface area contributed by atoms with Gasteiger partial charge in [-0.05, 0) is 31.5 Å². The molecular formula is C19H17F2NO2. The van der Waals surface area contributed by atoms with E-state index < -0.39 is 28.6 Å². The lowest BCUT2D eigenvalue weighted by Gasteiger charge is -2.25. The lowest BCUT2D eigenvalue weighted by molar-refractivity contribution is 0.0793. The summed E-state index contributed by atoms with van der Waals surface area (Å²) in [7, 11) is 0. The Labute approximate surface area is 139 Å². The predicted molar refractivity (Wildman–Crippen MR) is 88.8 cm³/mol. The van der Waals surface area contributed by atoms with Crippen LogP contribution in [0.4, 0.5) is 8.78 Å². The molecule has 2 aromatic carbocycles. The third kappa shape index (κ3) is 3.56. The molecule has 2 aromatic rings. The second kappa shape index (κ2) is 6.74. The molecule has 0 unspecified atom stereocenters. The summed E-state index contributed by atoms with van der Waals surface area (Å²) in [6.07, 6.45) is 1.64. The smallest absolute Gasteiger partial charge is 0.258 e. The van der Waals surface area contributed by atoms with Gasteiger partial charge in [0.25, 0.3) is 5.91 Å². The van der Waals surface area contributed by atoms with Crippen molar-refractivity contribution in [3.63, 3.8) is 0 Å². The Morgan fingerprint density at radius 2 is 1.58 bits per heavy atom. The number of halogens is 2. The van der Waals surface area contributed by atoms with Crippen molar-refractivity contribution >= 4 is 17.8 Å². The minimum Gasteiger partial charge on any atom is -0.340 e. The lowest BCUT2D eigenvalue weighted by Crippen LogP contribution is -2.50. The van der Waals surface area contributed by atoms with Gasteiger partial charge in [0.05, 0.1) is 5.54 Å². The van der Waals surface area contributed by atoms with Gasteiger partial charge in [0.2, 0.25) is 0 Å². The molecule has 0 atom stereocenters. The third-order valence-electron chi connectivity index (χ3n) is 3.59. The molecule has 0 saturated heterocycles. The predicted octanol–water partition coefficient (Wildman–Crippen LogP) is 4.00. The van der Waals surface area contributed by atoms with Gasteiger partial charge in [-0.15, -0.1) is 0 Å². The maximum absolute atomic E-state index is 13.7. The standard InChI is InChI=1S/C19H17F2NO2/c1-4-12-8-10-13(11-9-12)17(23)19(2,3)22-18(24)16-14(20)6-5-7-15(16)21/h4-11H,1H2,2-3H3,(H,22,24). The molecule has 2 rings (SSSR count). The van der Waals surface area contributed by atoms with Crippen molar-refractivity contribution in [3.8, 4) is 0 Å². The van der Waals surface area contributed by atoms with Gasteiger partial charge in [0.15, 0.2) is 5.78 Å². The van der Waals surface area contributed by atoms with E-state index in [1.165, 1.54) is 19.9 Å². The fourth-order valence-corrected chi connectivity index (χ4v) is 2.25. The fourth-order valence-electron chi connectivity index (χ4n) is 2.25. The van der Waals surface area contributed by atoms with E-state index in [0.29, 0.717) is 5.56 Å². The highest BCUT2D eigenvalue weighted by atomic mass is 19.1. The third-order valence-corrected chi connectivity index (χ3v) is 3.59. The molecule has 1 N–H and O–H groups in total. The van der Waals surface area contributed by atoms with Gasteiger partial charge in [0.1, 0.15) is 17.2 Å². The van der Waals surface area contributed by atoms with Crippen LogP contribution in [0.25, 0.3) is 6.08 Å². The number of ketones is 1. The van der Waals surface area contributed by atoms with Crippen LogP contribution in [0.3, 0.4) is 0 Å². The summed E-state index contributed by atoms with van der Waals surface area (Å²) in [6, 6.07) is 9.79. The molecule has 0 spiro atoms. The Hall–Kier alpha value is -2.82. The molecular weight excluding hydrogens is 312 g/mol. The van der Waals surface area contributed by atoms with Crippen molar-refractivity contribution < 1.29 is 18.4 Å². The Morgan fingerprint density at radius 1 is 1.04 bits per heavy atom. The zero-order chi connectivity index (χ0) is 17.9. The van der Waals surface area contributed by atoms with Crippen LogP contribution < -0.4 is 5.32 Å². The highest BCUT2D eigenvalue weighted by molar-refractivity contribution is 6.06. The molecule has 0 bridgehead atoms. The molecule has 0 aromatic heterocycles. The van der Waals surface area contributed by atoms with E-state index in [1.54, 1.807) is 30.3 Å². The first-order chi connectivity index (χ1) is 11.3. The highest BCUT2D eigenvalue weighted by Crippen LogP contribution is 2.17. The SMILES string of the molecule is C=Cc1ccc(C(=O)C(C)(C)NC(=O)c2c(F)cccc2F)cc1. The first-order valence-corrected chi connectivity index (χ1v) is 7.30. The van der Waals surface area contributed by atoms with Gasteiger partial charge < -0.3 is 5.32 Å². The van der Waals surface area contributed by atoms with Gasteiger partial charge in [0, 0.05) is 5.56 Å². The van der Waals surface area contributed by atoms with E-state index >= 15 is 0 Å². The van der Waals surface area contributed by atoms with Crippen LogP contribution in [0.1, 0.15) is 40.1 Å². The monoisotopic (exact) mass is 329 g/mol. The van der Waals surface area contributed by atoms with Crippen LogP contribution >= 0.6 is 0 Å². The number of carbonyl (C=O) groups is 2. The summed E-state index contributed by atoms with van der Waals surface area (Å²) in [5.41, 5.74) is -0.816. The van der Waals surface area contributed by atoms with Crippen molar-refractivity contribution in [1.82, 2.24) is 5.32 Å². The fraction of sp³-hybridized carbons (Fsp3) is 0.158. The maximum Gasteiger partial charge on any atom is 0.258 e. The molecule has 124 valence electrons. The van der Waals surface area contributed by atoms with Gasteiger partial charge in [-0.2, -0.15) is 0 Å². The van der Waals surface area contributed by atoms with Crippen LogP contribution in [-0.2, 0) is 0 Å². The molecule has 0 heterocycles. The minimum absolute atomic E-state index is 0.372. The van der Waals surface area contributed by atoms with Crippen LogP contribution in [0.15, 0.2) is 49.0 Å². The zero-order valence-corrected chi connectivity index (χ0v) is 13.4. The van der Waals surface area contributed by atoms with E-state index in [0.717, 1.165) is 17.7 Å². The summed E-state index contributed by atoms with van der Waals surface area (Å²) in [6.45, 7) is 6.59. The average Bonchev–Trinajstić information content (AvgIpc) is 2.53. The van der Waals surface area contributed by atoms with Crippen molar-refractivity contribution in [1.29, 1.82) is 0 Å². The Morgan fingerprint density at radius 3 is 2.08 bits per heavy atom. The molecule has 1 amide bonds. The maximum atomic E-state index is 13.7. The van der Waals surface area contributed by atoms with E-state index in [-0.39, 0.29) is 5.78 Å². The number of carbonyl (C=O) groups excluding carboxylic acids is 2. The number of benzene rings is 2. The second-order valence-corrected chi connectivity index (χ2v) is 5.83. The van der Waals surface area contributed by atoms with Gasteiger partial charge in [-0.25, -0.2) is 8.78 Å². The van der Waals surface area contributed by atoms with Crippen molar-refractivity contribution in [3.05, 3.63) is 77.4 Å². The van der Waals surface area contributed by atoms with Gasteiger partial charge >= 0.3 is 0 Å². The topological polar surface area (TPSA) is 46.2 Å². The van der Waals surface area contributed by atoms with Crippen LogP contribution in [-0.4, -0.2) is 17.2 Å². The lowest BCUT2D eigenvalue weighted by atomic mass is 9.92. The first-order valence-electron chi connectivity index (χ1n) is 7.30. The Balaban J connectivity index is 2.24. The average molecular weight is 329 g/mol. The van der Waals surface area contributed by atoms with Gasteiger partial charge in [-0.1, -0.05) is 43.0 Å². The number of amides is 1. The largest absolute Gasteiger partial charge is 0.340 e. The van der Waals surface area contributed by atoms with E-state index in [9.17, 15) is 18.4 Å². The molecule has 0 aliphatic carbocycles. The number of rotatable bonds is 5. The molecule has 0 saturated carbocycles. The zero-order valence-electron chi connectivity index (χ0n) is 13.4. The molecule has 0 radical (unpaired) electrons.